The predicted molar refractivity (Wildman–Crippen MR) is 85.3 cm³/mol. The number of imide groups is 1. The number of hydroxylamine groups is 2. The van der Waals surface area contributed by atoms with Crippen LogP contribution in [-0.4, -0.2) is 52.4 Å². The number of hydrogen-bond donors (Lipinski definition) is 0. The normalized spacial score (nSPS) is 31.5. The van der Waals surface area contributed by atoms with Crippen LogP contribution in [0.3, 0.4) is 0 Å². The van der Waals surface area contributed by atoms with Crippen molar-refractivity contribution >= 4 is 19.4 Å². The molecule has 9 heteroatoms. The van der Waals surface area contributed by atoms with Gasteiger partial charge < -0.3 is 9.05 Å². The summed E-state index contributed by atoms with van der Waals surface area (Å²) in [4.78, 5) is 24.6. The van der Waals surface area contributed by atoms with Crippen molar-refractivity contribution in [2.75, 3.05) is 19.8 Å². The van der Waals surface area contributed by atoms with E-state index in [-0.39, 0.29) is 26.2 Å². The highest BCUT2D eigenvalue weighted by molar-refractivity contribution is 7.55. The molecule has 8 nitrogen and oxygen atoms in total. The van der Waals surface area contributed by atoms with Gasteiger partial charge in [0.2, 0.25) is 0 Å². The molecule has 1 fully saturated rings. The molecule has 0 bridgehead atoms. The number of rotatable bonds is 7. The zero-order valence-corrected chi connectivity index (χ0v) is 15.4. The van der Waals surface area contributed by atoms with Gasteiger partial charge in [-0.3, -0.25) is 19.1 Å². The van der Waals surface area contributed by atoms with Crippen LogP contribution in [0.1, 0.15) is 40.5 Å². The Balaban J connectivity index is 2.26. The zero-order chi connectivity index (χ0) is 18.2. The lowest BCUT2D eigenvalue weighted by Gasteiger charge is -2.40. The molecule has 0 N–H and O–H groups in total. The van der Waals surface area contributed by atoms with Crippen LogP contribution in [-0.2, 0) is 28.4 Å². The SMILES string of the molecule is CCOP(=O)(OCC)C1(C)CCC(C)(CN2C(=O)C=CC2=O)N1[O]. The first-order valence-electron chi connectivity index (χ1n) is 8.04. The summed E-state index contributed by atoms with van der Waals surface area (Å²) < 4.78 is 23.9. The predicted octanol–water partition coefficient (Wildman–Crippen LogP) is 2.09. The van der Waals surface area contributed by atoms with E-state index in [1.165, 1.54) is 12.2 Å². The molecule has 24 heavy (non-hydrogen) atoms. The molecule has 2 heterocycles. The van der Waals surface area contributed by atoms with Gasteiger partial charge in [0.05, 0.1) is 18.8 Å². The lowest BCUT2D eigenvalue weighted by molar-refractivity contribution is -0.239. The van der Waals surface area contributed by atoms with Crippen LogP contribution in [0.15, 0.2) is 12.2 Å². The van der Waals surface area contributed by atoms with Gasteiger partial charge in [-0.05, 0) is 40.5 Å². The summed E-state index contributed by atoms with van der Waals surface area (Å²) in [5.41, 5.74) is -1.05. The van der Waals surface area contributed by atoms with E-state index in [0.29, 0.717) is 11.5 Å². The van der Waals surface area contributed by atoms with Gasteiger partial charge >= 0.3 is 7.60 Å². The molecule has 2 atom stereocenters. The smallest absolute Gasteiger partial charge is 0.308 e. The molecular formula is C15H24N2O6P. The summed E-state index contributed by atoms with van der Waals surface area (Å²) >= 11 is 0. The van der Waals surface area contributed by atoms with Crippen LogP contribution >= 0.6 is 7.60 Å². The van der Waals surface area contributed by atoms with Gasteiger partial charge in [-0.2, -0.15) is 0 Å². The molecule has 1 radical (unpaired) electrons. The molecule has 135 valence electrons. The van der Waals surface area contributed by atoms with Crippen LogP contribution in [0.4, 0.5) is 0 Å². The van der Waals surface area contributed by atoms with E-state index in [9.17, 15) is 19.4 Å². The van der Waals surface area contributed by atoms with E-state index in [1.54, 1.807) is 27.7 Å². The summed E-state index contributed by atoms with van der Waals surface area (Å²) in [6.07, 6.45) is 3.02. The molecule has 0 spiro atoms. The van der Waals surface area contributed by atoms with Crippen molar-refractivity contribution in [3.8, 4) is 0 Å². The molecule has 2 aliphatic heterocycles. The van der Waals surface area contributed by atoms with Crippen LogP contribution < -0.4 is 0 Å². The Bertz CT molecular complexity index is 581. The highest BCUT2D eigenvalue weighted by Gasteiger charge is 2.62. The topological polar surface area (TPSA) is 96.0 Å². The lowest BCUT2D eigenvalue weighted by Crippen LogP contribution is -2.54. The minimum absolute atomic E-state index is 0.0605. The van der Waals surface area contributed by atoms with Crippen molar-refractivity contribution in [3.63, 3.8) is 0 Å². The Morgan fingerprint density at radius 1 is 1.08 bits per heavy atom. The van der Waals surface area contributed by atoms with Crippen LogP contribution in [0.2, 0.25) is 0 Å². The first kappa shape index (κ1) is 19.3. The van der Waals surface area contributed by atoms with E-state index in [1.807, 2.05) is 0 Å². The van der Waals surface area contributed by atoms with Gasteiger partial charge in [0.15, 0.2) is 0 Å². The lowest BCUT2D eigenvalue weighted by atomic mass is 9.99. The standard InChI is InChI=1S/C15H24N2O6P/c1-5-22-24(21,23-6-2)15(4)10-9-14(3,17(15)20)11-16-12(18)7-8-13(16)19/h7-8H,5-6,9-11H2,1-4H3. The molecule has 2 rings (SSSR count). The largest absolute Gasteiger partial charge is 0.352 e. The fourth-order valence-corrected chi connectivity index (χ4v) is 5.43. The highest BCUT2D eigenvalue weighted by atomic mass is 31.2. The second kappa shape index (κ2) is 6.69. The maximum Gasteiger partial charge on any atom is 0.352 e. The van der Waals surface area contributed by atoms with Crippen molar-refractivity contribution < 1.29 is 28.4 Å². The molecule has 0 aromatic heterocycles. The molecule has 2 aliphatic rings. The van der Waals surface area contributed by atoms with Crippen molar-refractivity contribution in [3.05, 3.63) is 12.2 Å². The summed E-state index contributed by atoms with van der Waals surface area (Å²) in [6.45, 7) is 6.84. The van der Waals surface area contributed by atoms with E-state index >= 15 is 0 Å². The maximum absolute atomic E-state index is 13.2. The number of amides is 2. The Morgan fingerprint density at radius 2 is 1.58 bits per heavy atom. The molecule has 2 unspecified atom stereocenters. The summed E-state index contributed by atoms with van der Waals surface area (Å²) in [6, 6.07) is 0. The molecule has 0 saturated carbocycles. The van der Waals surface area contributed by atoms with Crippen LogP contribution in [0.25, 0.3) is 0 Å². The number of nitrogens with zero attached hydrogens (tertiary/aromatic N) is 2. The molecule has 0 aromatic rings. The van der Waals surface area contributed by atoms with Gasteiger partial charge in [0.25, 0.3) is 11.8 Å². The number of carbonyl (C=O) groups is 2. The highest BCUT2D eigenvalue weighted by Crippen LogP contribution is 2.66. The van der Waals surface area contributed by atoms with Crippen LogP contribution in [0, 0.1) is 0 Å². The van der Waals surface area contributed by atoms with Crippen molar-refractivity contribution in [2.24, 2.45) is 0 Å². The van der Waals surface area contributed by atoms with Crippen molar-refractivity contribution in [1.29, 1.82) is 0 Å². The quantitative estimate of drug-likeness (QED) is 0.510. The molecule has 1 saturated heterocycles. The first-order chi connectivity index (χ1) is 11.1. The van der Waals surface area contributed by atoms with E-state index in [4.69, 9.17) is 9.05 Å². The molecule has 0 aliphatic carbocycles. The minimum atomic E-state index is -3.68. The van der Waals surface area contributed by atoms with Gasteiger partial charge in [0, 0.05) is 18.7 Å². The van der Waals surface area contributed by atoms with Crippen molar-refractivity contribution in [1.82, 2.24) is 9.96 Å². The molecular weight excluding hydrogens is 335 g/mol. The maximum atomic E-state index is 13.2. The van der Waals surface area contributed by atoms with Crippen LogP contribution in [0.5, 0.6) is 0 Å². The van der Waals surface area contributed by atoms with Gasteiger partial charge in [-0.1, -0.05) is 0 Å². The van der Waals surface area contributed by atoms with Crippen molar-refractivity contribution in [2.45, 2.75) is 51.4 Å². The second-order valence-corrected chi connectivity index (χ2v) is 8.91. The molecule has 2 amide bonds. The van der Waals surface area contributed by atoms with Gasteiger partial charge in [-0.15, -0.1) is 10.3 Å². The fraction of sp³-hybridized carbons (Fsp3) is 0.733. The first-order valence-corrected chi connectivity index (χ1v) is 9.58. The summed E-state index contributed by atoms with van der Waals surface area (Å²) in [5.74, 6) is -0.887. The second-order valence-electron chi connectivity index (χ2n) is 6.44. The monoisotopic (exact) mass is 359 g/mol. The molecule has 0 aromatic carbocycles. The van der Waals surface area contributed by atoms with E-state index in [0.717, 1.165) is 4.90 Å². The third-order valence-electron chi connectivity index (χ3n) is 4.65. The number of carbonyl (C=O) groups excluding carboxylic acids is 2. The Kier molecular flexibility index (Phi) is 5.37. The summed E-state index contributed by atoms with van der Waals surface area (Å²) in [7, 11) is -3.68. The average Bonchev–Trinajstić information content (AvgIpc) is 2.95. The van der Waals surface area contributed by atoms with Gasteiger partial charge in [0.1, 0.15) is 5.28 Å². The Hall–Kier alpha value is -1.05. The number of hydrogen-bond acceptors (Lipinski definition) is 6. The third-order valence-corrected chi connectivity index (χ3v) is 7.43. The average molecular weight is 359 g/mol. The minimum Gasteiger partial charge on any atom is -0.308 e. The van der Waals surface area contributed by atoms with E-state index < -0.39 is 30.2 Å². The summed E-state index contributed by atoms with van der Waals surface area (Å²) in [5, 5.41) is 12.4. The third kappa shape index (κ3) is 2.97. The Labute approximate surface area is 141 Å². The Morgan fingerprint density at radius 3 is 2.04 bits per heavy atom. The van der Waals surface area contributed by atoms with E-state index in [2.05, 4.69) is 0 Å². The zero-order valence-electron chi connectivity index (χ0n) is 14.5. The van der Waals surface area contributed by atoms with Gasteiger partial charge in [-0.25, -0.2) is 0 Å². The fourth-order valence-electron chi connectivity index (χ4n) is 3.27.